The number of carbonyl (C=O) groups excluding carboxylic acids is 1. The first-order valence-electron chi connectivity index (χ1n) is 10.0. The molecule has 0 heterocycles. The molecule has 0 unspecified atom stereocenters. The maximum Gasteiger partial charge on any atom is 0.258 e. The van der Waals surface area contributed by atoms with Gasteiger partial charge in [-0.3, -0.25) is 4.79 Å². The van der Waals surface area contributed by atoms with Crippen LogP contribution in [0.3, 0.4) is 0 Å². The Morgan fingerprint density at radius 2 is 1.88 bits per heavy atom. The van der Waals surface area contributed by atoms with Gasteiger partial charge >= 0.3 is 0 Å². The quantitative estimate of drug-likeness (QED) is 0.257. The zero-order valence-corrected chi connectivity index (χ0v) is 21.7. The fourth-order valence-corrected chi connectivity index (χ4v) is 4.91. The third-order valence-corrected chi connectivity index (χ3v) is 6.75. The number of hydrazone groups is 1. The molecule has 0 radical (unpaired) electrons. The molecule has 174 valence electrons. The summed E-state index contributed by atoms with van der Waals surface area (Å²) in [5.74, 6) is 0.344. The van der Waals surface area contributed by atoms with E-state index >= 15 is 0 Å². The van der Waals surface area contributed by atoms with Gasteiger partial charge in [-0.15, -0.1) is 0 Å². The van der Waals surface area contributed by atoms with Crippen LogP contribution < -0.4 is 19.6 Å². The highest BCUT2D eigenvalue weighted by atomic mass is 127. The van der Waals surface area contributed by atoms with Crippen LogP contribution in [0.25, 0.3) is 0 Å². The van der Waals surface area contributed by atoms with Crippen molar-refractivity contribution in [2.45, 2.75) is 38.6 Å². The zero-order chi connectivity index (χ0) is 23.9. The highest BCUT2D eigenvalue weighted by Crippen LogP contribution is 2.33. The molecule has 0 saturated heterocycles. The van der Waals surface area contributed by atoms with Gasteiger partial charge in [0, 0.05) is 0 Å². The summed E-state index contributed by atoms with van der Waals surface area (Å²) in [6, 6.07) is 9.00. The van der Waals surface area contributed by atoms with Crippen LogP contribution in [0.1, 0.15) is 31.9 Å². The molecule has 32 heavy (non-hydrogen) atoms. The molecule has 10 heteroatoms. The van der Waals surface area contributed by atoms with Crippen molar-refractivity contribution in [3.05, 3.63) is 51.1 Å². The predicted molar refractivity (Wildman–Crippen MR) is 133 cm³/mol. The SMILES string of the molecule is CCOc1c(I)cc(/C=N\NC(=O)[C@H](NS(=O)(=O)c2ccc(C)cc2)C(C)C)cc1OC. The molecule has 0 saturated carbocycles. The highest BCUT2D eigenvalue weighted by molar-refractivity contribution is 14.1. The second-order valence-corrected chi connectivity index (χ2v) is 10.2. The van der Waals surface area contributed by atoms with E-state index in [1.165, 1.54) is 18.3 Å². The summed E-state index contributed by atoms with van der Waals surface area (Å²) in [7, 11) is -2.32. The molecule has 2 aromatic rings. The normalized spacial score (nSPS) is 12.7. The third-order valence-electron chi connectivity index (χ3n) is 4.49. The lowest BCUT2D eigenvalue weighted by atomic mass is 10.1. The number of halogens is 1. The number of carbonyl (C=O) groups is 1. The van der Waals surface area contributed by atoms with E-state index in [1.807, 2.05) is 19.9 Å². The number of nitrogens with one attached hydrogen (secondary N) is 2. The second kappa shape index (κ2) is 11.6. The van der Waals surface area contributed by atoms with Crippen LogP contribution in [0, 0.1) is 16.4 Å². The fraction of sp³-hybridized carbons (Fsp3) is 0.364. The largest absolute Gasteiger partial charge is 0.493 e. The molecule has 2 N–H and O–H groups in total. The van der Waals surface area contributed by atoms with E-state index in [-0.39, 0.29) is 10.8 Å². The molecule has 8 nitrogen and oxygen atoms in total. The lowest BCUT2D eigenvalue weighted by Gasteiger charge is -2.20. The Labute approximate surface area is 203 Å². The molecule has 0 aliphatic heterocycles. The number of benzene rings is 2. The number of hydrogen-bond donors (Lipinski definition) is 2. The molecule has 0 aliphatic carbocycles. The topological polar surface area (TPSA) is 106 Å². The monoisotopic (exact) mass is 573 g/mol. The number of aryl methyl sites for hydroxylation is 1. The molecule has 0 bridgehead atoms. The average molecular weight is 573 g/mol. The van der Waals surface area contributed by atoms with E-state index in [0.717, 1.165) is 9.13 Å². The van der Waals surface area contributed by atoms with Crippen molar-refractivity contribution in [2.75, 3.05) is 13.7 Å². The van der Waals surface area contributed by atoms with Crippen LogP contribution in [0.4, 0.5) is 0 Å². The molecule has 0 aliphatic rings. The smallest absolute Gasteiger partial charge is 0.258 e. The van der Waals surface area contributed by atoms with Crippen LogP contribution in [-0.4, -0.2) is 40.3 Å². The van der Waals surface area contributed by atoms with Crippen molar-refractivity contribution in [1.29, 1.82) is 0 Å². The van der Waals surface area contributed by atoms with Crippen LogP contribution >= 0.6 is 22.6 Å². The minimum atomic E-state index is -3.86. The van der Waals surface area contributed by atoms with Crippen molar-refractivity contribution in [3.8, 4) is 11.5 Å². The molecular formula is C22H28IN3O5S. The molecule has 1 amide bonds. The number of amides is 1. The Hall–Kier alpha value is -2.18. The van der Waals surface area contributed by atoms with Gasteiger partial charge in [0.1, 0.15) is 6.04 Å². The maximum atomic E-state index is 12.7. The number of methoxy groups -OCH3 is 1. The zero-order valence-electron chi connectivity index (χ0n) is 18.7. The molecule has 0 spiro atoms. The second-order valence-electron chi connectivity index (χ2n) is 7.36. The molecule has 0 fully saturated rings. The summed E-state index contributed by atoms with van der Waals surface area (Å²) in [4.78, 5) is 12.8. The fourth-order valence-electron chi connectivity index (χ4n) is 2.78. The predicted octanol–water partition coefficient (Wildman–Crippen LogP) is 3.46. The van der Waals surface area contributed by atoms with Crippen LogP contribution in [0.5, 0.6) is 11.5 Å². The molecular weight excluding hydrogens is 545 g/mol. The van der Waals surface area contributed by atoms with Crippen molar-refractivity contribution >= 4 is 44.7 Å². The van der Waals surface area contributed by atoms with E-state index in [1.54, 1.807) is 39.2 Å². The van der Waals surface area contributed by atoms with Gasteiger partial charge < -0.3 is 9.47 Å². The average Bonchev–Trinajstić information content (AvgIpc) is 2.73. The van der Waals surface area contributed by atoms with Crippen molar-refractivity contribution < 1.29 is 22.7 Å². The van der Waals surface area contributed by atoms with Gasteiger partial charge in [-0.05, 0) is 72.2 Å². The molecule has 2 aromatic carbocycles. The van der Waals surface area contributed by atoms with Gasteiger partial charge in [-0.1, -0.05) is 31.5 Å². The lowest BCUT2D eigenvalue weighted by Crippen LogP contribution is -2.48. The highest BCUT2D eigenvalue weighted by Gasteiger charge is 2.28. The van der Waals surface area contributed by atoms with Crippen LogP contribution in [0.15, 0.2) is 46.4 Å². The van der Waals surface area contributed by atoms with E-state index in [9.17, 15) is 13.2 Å². The van der Waals surface area contributed by atoms with Gasteiger partial charge in [0.05, 0.1) is 28.4 Å². The van der Waals surface area contributed by atoms with Gasteiger partial charge in [0.25, 0.3) is 5.91 Å². The Morgan fingerprint density at radius 1 is 1.22 bits per heavy atom. The van der Waals surface area contributed by atoms with E-state index in [4.69, 9.17) is 9.47 Å². The summed E-state index contributed by atoms with van der Waals surface area (Å²) >= 11 is 2.13. The number of nitrogens with zero attached hydrogens (tertiary/aromatic N) is 1. The van der Waals surface area contributed by atoms with E-state index in [2.05, 4.69) is 37.8 Å². The summed E-state index contributed by atoms with van der Waals surface area (Å²) in [6.07, 6.45) is 1.46. The first-order valence-corrected chi connectivity index (χ1v) is 12.6. The van der Waals surface area contributed by atoms with Gasteiger partial charge in [0.15, 0.2) is 11.5 Å². The number of sulfonamides is 1. The number of ether oxygens (including phenoxy) is 2. The summed E-state index contributed by atoms with van der Waals surface area (Å²) in [5.41, 5.74) is 4.05. The maximum absolute atomic E-state index is 12.7. The standard InChI is InChI=1S/C22H28IN3O5S/c1-6-31-21-18(23)11-16(12-19(21)30-5)13-24-25-22(27)20(14(2)3)26-32(28,29)17-9-7-15(4)8-10-17/h7-14,20,26H,6H2,1-5H3,(H,25,27)/b24-13-/t20-/m1/s1. The first kappa shape index (κ1) is 26.1. The first-order chi connectivity index (χ1) is 15.1. The minimum Gasteiger partial charge on any atom is -0.493 e. The minimum absolute atomic E-state index is 0.0982. The Kier molecular flexibility index (Phi) is 9.47. The Morgan fingerprint density at radius 3 is 2.44 bits per heavy atom. The molecule has 0 aromatic heterocycles. The van der Waals surface area contributed by atoms with Crippen LogP contribution in [-0.2, 0) is 14.8 Å². The van der Waals surface area contributed by atoms with Crippen LogP contribution in [0.2, 0.25) is 0 Å². The Bertz CT molecular complexity index is 1070. The van der Waals surface area contributed by atoms with Gasteiger partial charge in [0.2, 0.25) is 10.0 Å². The number of hydrogen-bond acceptors (Lipinski definition) is 6. The van der Waals surface area contributed by atoms with Crippen molar-refractivity contribution in [2.24, 2.45) is 11.0 Å². The molecule has 2 rings (SSSR count). The van der Waals surface area contributed by atoms with Crippen molar-refractivity contribution in [1.82, 2.24) is 10.1 Å². The van der Waals surface area contributed by atoms with E-state index < -0.39 is 22.0 Å². The molecule has 1 atom stereocenters. The van der Waals surface area contributed by atoms with Crippen molar-refractivity contribution in [3.63, 3.8) is 0 Å². The summed E-state index contributed by atoms with van der Waals surface area (Å²) in [6.45, 7) is 7.77. The summed E-state index contributed by atoms with van der Waals surface area (Å²) < 4.78 is 39.7. The summed E-state index contributed by atoms with van der Waals surface area (Å²) in [5, 5.41) is 3.99. The van der Waals surface area contributed by atoms with Gasteiger partial charge in [-0.2, -0.15) is 9.82 Å². The Balaban J connectivity index is 2.14. The van der Waals surface area contributed by atoms with E-state index in [0.29, 0.717) is 23.7 Å². The lowest BCUT2D eigenvalue weighted by molar-refractivity contribution is -0.123. The third kappa shape index (κ3) is 6.91. The van der Waals surface area contributed by atoms with Gasteiger partial charge in [-0.25, -0.2) is 13.8 Å². The number of rotatable bonds is 10.